The van der Waals surface area contributed by atoms with E-state index < -0.39 is 10.0 Å². The van der Waals surface area contributed by atoms with Gasteiger partial charge in [-0.05, 0) is 79.8 Å². The van der Waals surface area contributed by atoms with E-state index in [0.29, 0.717) is 16.9 Å². The van der Waals surface area contributed by atoms with E-state index in [2.05, 4.69) is 15.4 Å². The number of amides is 2. The summed E-state index contributed by atoms with van der Waals surface area (Å²) in [5.74, 6) is -0.248. The van der Waals surface area contributed by atoms with E-state index in [-0.39, 0.29) is 34.7 Å². The molecule has 3 N–H and O–H groups in total. The van der Waals surface area contributed by atoms with E-state index in [4.69, 9.17) is 0 Å². The van der Waals surface area contributed by atoms with Gasteiger partial charge < -0.3 is 10.6 Å². The van der Waals surface area contributed by atoms with Crippen LogP contribution in [0.1, 0.15) is 39.9 Å². The van der Waals surface area contributed by atoms with Crippen molar-refractivity contribution in [2.24, 2.45) is 5.92 Å². The summed E-state index contributed by atoms with van der Waals surface area (Å²) >= 11 is 0. The smallest absolute Gasteiger partial charge is 0.261 e. The van der Waals surface area contributed by atoms with Gasteiger partial charge in [-0.3, -0.25) is 14.3 Å². The second-order valence-corrected chi connectivity index (χ2v) is 10.3. The van der Waals surface area contributed by atoms with Crippen LogP contribution < -0.4 is 15.4 Å². The van der Waals surface area contributed by atoms with Gasteiger partial charge in [0.25, 0.3) is 15.9 Å². The fourth-order valence-electron chi connectivity index (χ4n) is 3.56. The molecule has 7 nitrogen and oxygen atoms in total. The lowest BCUT2D eigenvalue weighted by Gasteiger charge is -2.13. The van der Waals surface area contributed by atoms with Crippen molar-refractivity contribution in [2.75, 3.05) is 10.0 Å². The largest absolute Gasteiger partial charge is 0.348 e. The average molecular weight is 478 g/mol. The molecule has 4 rings (SSSR count). The second kappa shape index (κ2) is 9.69. The predicted octanol–water partition coefficient (Wildman–Crippen LogP) is 4.38. The van der Waals surface area contributed by atoms with Gasteiger partial charge >= 0.3 is 0 Å². The summed E-state index contributed by atoms with van der Waals surface area (Å²) in [5.41, 5.74) is 3.85. The standard InChI is InChI=1S/C26H27N3O4S/c1-17-5-3-8-22(13-17)29-34(32,33)23-12-9-18(2)24(15-23)26(31)27-16-19-6-4-7-21(14-19)28-25(30)20-10-11-20/h3-9,12-15,20,29H,10-11,16H2,1-2H3,(H,27,31)(H,28,30). The van der Waals surface area contributed by atoms with Crippen molar-refractivity contribution in [3.05, 3.63) is 89.0 Å². The topological polar surface area (TPSA) is 104 Å². The van der Waals surface area contributed by atoms with Crippen molar-refractivity contribution in [1.29, 1.82) is 0 Å². The van der Waals surface area contributed by atoms with Crippen molar-refractivity contribution in [3.8, 4) is 0 Å². The molecule has 1 fully saturated rings. The number of rotatable bonds is 8. The minimum Gasteiger partial charge on any atom is -0.348 e. The zero-order chi connectivity index (χ0) is 24.3. The Hall–Kier alpha value is -3.65. The number of benzene rings is 3. The normalized spacial score (nSPS) is 13.2. The van der Waals surface area contributed by atoms with Gasteiger partial charge in [0.05, 0.1) is 4.90 Å². The number of carbonyl (C=O) groups excluding carboxylic acids is 2. The number of anilines is 2. The fraction of sp³-hybridized carbons (Fsp3) is 0.231. The maximum atomic E-state index is 12.9. The van der Waals surface area contributed by atoms with Crippen LogP contribution in [0.4, 0.5) is 11.4 Å². The van der Waals surface area contributed by atoms with Crippen LogP contribution in [-0.2, 0) is 21.4 Å². The first-order valence-corrected chi connectivity index (χ1v) is 12.6. The molecule has 0 aromatic heterocycles. The van der Waals surface area contributed by atoms with Crippen molar-refractivity contribution >= 4 is 33.2 Å². The van der Waals surface area contributed by atoms with Crippen LogP contribution in [0.5, 0.6) is 0 Å². The molecule has 0 bridgehead atoms. The van der Waals surface area contributed by atoms with Crippen LogP contribution in [0, 0.1) is 19.8 Å². The summed E-state index contributed by atoms with van der Waals surface area (Å²) in [5, 5.41) is 5.74. The van der Waals surface area contributed by atoms with E-state index >= 15 is 0 Å². The van der Waals surface area contributed by atoms with Gasteiger partial charge in [0.15, 0.2) is 0 Å². The lowest BCUT2D eigenvalue weighted by molar-refractivity contribution is -0.117. The maximum absolute atomic E-state index is 12.9. The molecular formula is C26H27N3O4S. The highest BCUT2D eigenvalue weighted by Crippen LogP contribution is 2.30. The number of hydrogen-bond donors (Lipinski definition) is 3. The van der Waals surface area contributed by atoms with Gasteiger partial charge in [0, 0.05) is 29.4 Å². The molecule has 1 saturated carbocycles. The molecule has 3 aromatic carbocycles. The third-order valence-corrected chi connectivity index (χ3v) is 7.01. The SMILES string of the molecule is Cc1cccc(NS(=O)(=O)c2ccc(C)c(C(=O)NCc3cccc(NC(=O)C4CC4)c3)c2)c1. The third-order valence-electron chi connectivity index (χ3n) is 5.63. The van der Waals surface area contributed by atoms with Crippen LogP contribution in [0.15, 0.2) is 71.6 Å². The summed E-state index contributed by atoms with van der Waals surface area (Å²) in [6, 6.07) is 18.8. The summed E-state index contributed by atoms with van der Waals surface area (Å²) in [6.45, 7) is 3.88. The van der Waals surface area contributed by atoms with Crippen molar-refractivity contribution in [3.63, 3.8) is 0 Å². The molecule has 3 aromatic rings. The molecule has 0 atom stereocenters. The summed E-state index contributed by atoms with van der Waals surface area (Å²) in [6.07, 6.45) is 1.85. The Morgan fingerprint density at radius 3 is 2.38 bits per heavy atom. The minimum atomic E-state index is -3.86. The highest BCUT2D eigenvalue weighted by atomic mass is 32.2. The van der Waals surface area contributed by atoms with Gasteiger partial charge in [-0.15, -0.1) is 0 Å². The number of hydrogen-bond acceptors (Lipinski definition) is 4. The first-order chi connectivity index (χ1) is 16.2. The third kappa shape index (κ3) is 5.82. The van der Waals surface area contributed by atoms with Crippen LogP contribution in [-0.4, -0.2) is 20.2 Å². The van der Waals surface area contributed by atoms with Crippen LogP contribution in [0.25, 0.3) is 0 Å². The van der Waals surface area contributed by atoms with Crippen molar-refractivity contribution in [1.82, 2.24) is 5.32 Å². The molecule has 0 saturated heterocycles. The maximum Gasteiger partial charge on any atom is 0.261 e. The van der Waals surface area contributed by atoms with Crippen molar-refractivity contribution in [2.45, 2.75) is 38.1 Å². The zero-order valence-electron chi connectivity index (χ0n) is 19.1. The first kappa shape index (κ1) is 23.5. The number of aryl methyl sites for hydroxylation is 2. The van der Waals surface area contributed by atoms with E-state index in [9.17, 15) is 18.0 Å². The van der Waals surface area contributed by atoms with Crippen LogP contribution >= 0.6 is 0 Å². The monoisotopic (exact) mass is 477 g/mol. The fourth-order valence-corrected chi connectivity index (χ4v) is 4.64. The van der Waals surface area contributed by atoms with E-state index in [0.717, 1.165) is 24.0 Å². The highest BCUT2D eigenvalue weighted by molar-refractivity contribution is 7.92. The number of carbonyl (C=O) groups is 2. The number of sulfonamides is 1. The van der Waals surface area contributed by atoms with Gasteiger partial charge in [-0.2, -0.15) is 0 Å². The number of nitrogens with one attached hydrogen (secondary N) is 3. The lowest BCUT2D eigenvalue weighted by atomic mass is 10.1. The van der Waals surface area contributed by atoms with Gasteiger partial charge in [-0.1, -0.05) is 30.3 Å². The second-order valence-electron chi connectivity index (χ2n) is 8.60. The Labute approximate surface area is 199 Å². The molecule has 2 amide bonds. The summed E-state index contributed by atoms with van der Waals surface area (Å²) < 4.78 is 28.3. The zero-order valence-corrected chi connectivity index (χ0v) is 19.9. The Kier molecular flexibility index (Phi) is 6.70. The molecule has 176 valence electrons. The molecule has 1 aliphatic carbocycles. The van der Waals surface area contributed by atoms with Crippen LogP contribution in [0.3, 0.4) is 0 Å². The summed E-state index contributed by atoms with van der Waals surface area (Å²) in [4.78, 5) is 24.9. The molecule has 0 spiro atoms. The highest BCUT2D eigenvalue weighted by Gasteiger charge is 2.29. The molecule has 0 radical (unpaired) electrons. The molecule has 8 heteroatoms. The van der Waals surface area contributed by atoms with Gasteiger partial charge in [0.1, 0.15) is 0 Å². The van der Waals surface area contributed by atoms with Crippen LogP contribution in [0.2, 0.25) is 0 Å². The van der Waals surface area contributed by atoms with Crippen molar-refractivity contribution < 1.29 is 18.0 Å². The van der Waals surface area contributed by atoms with Gasteiger partial charge in [-0.25, -0.2) is 8.42 Å². The van der Waals surface area contributed by atoms with E-state index in [1.165, 1.54) is 12.1 Å². The molecular weight excluding hydrogens is 450 g/mol. The average Bonchev–Trinajstić information content (AvgIpc) is 3.63. The van der Waals surface area contributed by atoms with E-state index in [1.54, 1.807) is 31.2 Å². The Morgan fingerprint density at radius 2 is 1.65 bits per heavy atom. The van der Waals surface area contributed by atoms with E-state index in [1.807, 2.05) is 37.3 Å². The minimum absolute atomic E-state index is 0.00884. The molecule has 0 heterocycles. The molecule has 0 unspecified atom stereocenters. The quantitative estimate of drug-likeness (QED) is 0.448. The Balaban J connectivity index is 1.45. The Morgan fingerprint density at radius 1 is 0.912 bits per heavy atom. The predicted molar refractivity (Wildman–Crippen MR) is 132 cm³/mol. The lowest BCUT2D eigenvalue weighted by Crippen LogP contribution is -2.24. The molecule has 34 heavy (non-hydrogen) atoms. The Bertz CT molecular complexity index is 1350. The van der Waals surface area contributed by atoms with Gasteiger partial charge in [0.2, 0.25) is 5.91 Å². The molecule has 0 aliphatic heterocycles. The molecule has 1 aliphatic rings. The first-order valence-electron chi connectivity index (χ1n) is 11.1. The summed E-state index contributed by atoms with van der Waals surface area (Å²) in [7, 11) is -3.86.